The second-order valence-corrected chi connectivity index (χ2v) is 6.92. The fourth-order valence-electron chi connectivity index (χ4n) is 3.64. The van der Waals surface area contributed by atoms with Gasteiger partial charge in [-0.1, -0.05) is 24.3 Å². The molecule has 1 atom stereocenters. The van der Waals surface area contributed by atoms with Gasteiger partial charge in [-0.2, -0.15) is 0 Å². The van der Waals surface area contributed by atoms with E-state index in [9.17, 15) is 9.59 Å². The Labute approximate surface area is 146 Å². The Bertz CT molecular complexity index is 1080. The van der Waals surface area contributed by atoms with E-state index in [1.54, 1.807) is 6.20 Å². The van der Waals surface area contributed by atoms with Gasteiger partial charge in [0, 0.05) is 23.3 Å². The second kappa shape index (κ2) is 5.59. The zero-order chi connectivity index (χ0) is 17.7. The van der Waals surface area contributed by atoms with Gasteiger partial charge in [-0.3, -0.25) is 9.59 Å². The number of nitrogens with zero attached hydrogens (tertiary/aromatic N) is 1. The predicted molar refractivity (Wildman–Crippen MR) is 100 cm³/mol. The number of benzene rings is 2. The number of aromatic nitrogens is 1. The van der Waals surface area contributed by atoms with Crippen LogP contribution in [0.25, 0.3) is 10.9 Å². The van der Waals surface area contributed by atoms with E-state index in [1.165, 1.54) is 5.56 Å². The number of pyridine rings is 1. The normalized spacial score (nSPS) is 15.6. The first-order valence-electron chi connectivity index (χ1n) is 8.51. The average molecular weight is 332 g/mol. The van der Waals surface area contributed by atoms with E-state index in [1.807, 2.05) is 44.2 Å². The fraction of sp³-hybridized carbons (Fsp3) is 0.238. The first-order chi connectivity index (χ1) is 12.0. The summed E-state index contributed by atoms with van der Waals surface area (Å²) in [6.45, 7) is 6.02. The highest BCUT2D eigenvalue weighted by Crippen LogP contribution is 2.31. The maximum Gasteiger partial charge on any atom is 0.261 e. The predicted octanol–water partition coefficient (Wildman–Crippen LogP) is 3.99. The summed E-state index contributed by atoms with van der Waals surface area (Å²) < 4.78 is 2.06. The van der Waals surface area contributed by atoms with Gasteiger partial charge in [-0.05, 0) is 56.0 Å². The highest BCUT2D eigenvalue weighted by Gasteiger charge is 2.24. The van der Waals surface area contributed by atoms with Gasteiger partial charge in [-0.15, -0.1) is 0 Å². The fourth-order valence-corrected chi connectivity index (χ4v) is 3.64. The van der Waals surface area contributed by atoms with Crippen LogP contribution in [0.1, 0.15) is 40.0 Å². The summed E-state index contributed by atoms with van der Waals surface area (Å²) >= 11 is 0. The van der Waals surface area contributed by atoms with Crippen LogP contribution in [-0.2, 0) is 6.42 Å². The summed E-state index contributed by atoms with van der Waals surface area (Å²) in [7, 11) is 0. The zero-order valence-electron chi connectivity index (χ0n) is 14.6. The molecule has 0 unspecified atom stereocenters. The van der Waals surface area contributed by atoms with Crippen LogP contribution in [0.4, 0.5) is 5.69 Å². The number of rotatable bonds is 2. The Morgan fingerprint density at radius 1 is 1.20 bits per heavy atom. The van der Waals surface area contributed by atoms with Gasteiger partial charge in [0.1, 0.15) is 5.56 Å². The van der Waals surface area contributed by atoms with Crippen molar-refractivity contribution >= 4 is 22.5 Å². The summed E-state index contributed by atoms with van der Waals surface area (Å²) in [5.74, 6) is -0.353. The topological polar surface area (TPSA) is 51.1 Å². The van der Waals surface area contributed by atoms with Crippen LogP contribution in [0.2, 0.25) is 0 Å². The molecular weight excluding hydrogens is 312 g/mol. The summed E-state index contributed by atoms with van der Waals surface area (Å²) in [4.78, 5) is 25.7. The Hall–Kier alpha value is -2.88. The van der Waals surface area contributed by atoms with Gasteiger partial charge in [0.15, 0.2) is 0 Å². The van der Waals surface area contributed by atoms with Crippen LogP contribution in [0.5, 0.6) is 0 Å². The molecule has 0 radical (unpaired) electrons. The Kier molecular flexibility index (Phi) is 3.49. The number of carbonyl (C=O) groups is 1. The van der Waals surface area contributed by atoms with Crippen molar-refractivity contribution in [2.45, 2.75) is 33.2 Å². The molecule has 0 spiro atoms. The lowest BCUT2D eigenvalue weighted by molar-refractivity contribution is 0.102. The van der Waals surface area contributed by atoms with Crippen molar-refractivity contribution in [2.75, 3.05) is 5.32 Å². The van der Waals surface area contributed by atoms with Crippen molar-refractivity contribution < 1.29 is 4.79 Å². The van der Waals surface area contributed by atoms with Gasteiger partial charge in [0.25, 0.3) is 5.91 Å². The van der Waals surface area contributed by atoms with Crippen molar-refractivity contribution in [3.8, 4) is 0 Å². The van der Waals surface area contributed by atoms with E-state index in [0.29, 0.717) is 5.39 Å². The highest BCUT2D eigenvalue weighted by atomic mass is 16.2. The molecule has 2 aromatic carbocycles. The maximum absolute atomic E-state index is 12.9. The highest BCUT2D eigenvalue weighted by molar-refractivity contribution is 6.06. The molecule has 25 heavy (non-hydrogen) atoms. The molecule has 0 saturated heterocycles. The zero-order valence-corrected chi connectivity index (χ0v) is 14.6. The van der Waals surface area contributed by atoms with Crippen molar-refractivity contribution in [3.05, 3.63) is 75.1 Å². The molecule has 0 fully saturated rings. The van der Waals surface area contributed by atoms with E-state index in [2.05, 4.69) is 22.9 Å². The molecular formula is C21H20N2O2. The second-order valence-electron chi connectivity index (χ2n) is 6.92. The van der Waals surface area contributed by atoms with E-state index in [4.69, 9.17) is 0 Å². The summed E-state index contributed by atoms with van der Waals surface area (Å²) in [5, 5.41) is 3.52. The van der Waals surface area contributed by atoms with Crippen LogP contribution in [0.15, 0.2) is 47.4 Å². The quantitative estimate of drug-likeness (QED) is 0.771. The number of amides is 1. The lowest BCUT2D eigenvalue weighted by Crippen LogP contribution is -2.24. The minimum atomic E-state index is -0.353. The van der Waals surface area contributed by atoms with Crippen molar-refractivity contribution in [2.24, 2.45) is 0 Å². The van der Waals surface area contributed by atoms with Gasteiger partial charge in [0.05, 0.1) is 5.52 Å². The van der Waals surface area contributed by atoms with Gasteiger partial charge >= 0.3 is 0 Å². The summed E-state index contributed by atoms with van der Waals surface area (Å²) in [6.07, 6.45) is 2.60. The minimum absolute atomic E-state index is 0.194. The molecule has 1 aliphatic rings. The number of carbonyl (C=O) groups excluding carboxylic acids is 1. The molecule has 0 bridgehead atoms. The first kappa shape index (κ1) is 15.6. The van der Waals surface area contributed by atoms with Crippen molar-refractivity contribution in [3.63, 3.8) is 0 Å². The van der Waals surface area contributed by atoms with Crippen LogP contribution < -0.4 is 10.7 Å². The van der Waals surface area contributed by atoms with Crippen LogP contribution in [-0.4, -0.2) is 10.5 Å². The molecule has 4 nitrogen and oxygen atoms in total. The molecule has 0 aliphatic carbocycles. The molecule has 0 saturated carbocycles. The molecule has 1 amide bonds. The minimum Gasteiger partial charge on any atom is -0.343 e. The smallest absolute Gasteiger partial charge is 0.261 e. The van der Waals surface area contributed by atoms with E-state index >= 15 is 0 Å². The Balaban J connectivity index is 1.83. The van der Waals surface area contributed by atoms with E-state index in [0.717, 1.165) is 28.8 Å². The Morgan fingerprint density at radius 3 is 2.80 bits per heavy atom. The van der Waals surface area contributed by atoms with Gasteiger partial charge < -0.3 is 9.88 Å². The molecule has 3 aromatic rings. The third-order valence-electron chi connectivity index (χ3n) is 5.01. The van der Waals surface area contributed by atoms with E-state index < -0.39 is 0 Å². The summed E-state index contributed by atoms with van der Waals surface area (Å²) in [6, 6.07) is 11.9. The molecule has 2 heterocycles. The van der Waals surface area contributed by atoms with Gasteiger partial charge in [-0.25, -0.2) is 0 Å². The summed E-state index contributed by atoms with van der Waals surface area (Å²) in [5.41, 5.74) is 4.90. The number of para-hydroxylation sites is 1. The Morgan fingerprint density at radius 2 is 2.00 bits per heavy atom. The van der Waals surface area contributed by atoms with Crippen molar-refractivity contribution in [1.29, 1.82) is 0 Å². The molecule has 126 valence electrons. The van der Waals surface area contributed by atoms with Crippen LogP contribution in [0.3, 0.4) is 0 Å². The molecule has 4 rings (SSSR count). The number of nitrogens with one attached hydrogen (secondary N) is 1. The molecule has 1 aliphatic heterocycles. The lowest BCUT2D eigenvalue weighted by Gasteiger charge is -2.13. The largest absolute Gasteiger partial charge is 0.343 e. The SMILES string of the molecule is Cc1ccc(C)c(NC(=O)c2cn3c4c(cccc4c2=O)C[C@H]3C)c1. The first-order valence-corrected chi connectivity index (χ1v) is 8.51. The monoisotopic (exact) mass is 332 g/mol. The third kappa shape index (κ3) is 2.45. The number of hydrogen-bond acceptors (Lipinski definition) is 2. The number of aryl methyl sites for hydroxylation is 2. The average Bonchev–Trinajstić information content (AvgIpc) is 2.90. The lowest BCUT2D eigenvalue weighted by atomic mass is 10.1. The number of anilines is 1. The molecule has 4 heteroatoms. The van der Waals surface area contributed by atoms with Crippen LogP contribution >= 0.6 is 0 Å². The standard InChI is InChI=1S/C21H20N2O2/c1-12-7-8-13(2)18(9-12)22-21(25)17-11-23-14(3)10-15-5-4-6-16(19(15)23)20(17)24/h4-9,11,14H,10H2,1-3H3,(H,22,25)/t14-/m1/s1. The third-order valence-corrected chi connectivity index (χ3v) is 5.01. The van der Waals surface area contributed by atoms with Gasteiger partial charge in [0.2, 0.25) is 5.43 Å². The van der Waals surface area contributed by atoms with Crippen molar-refractivity contribution in [1.82, 2.24) is 4.57 Å². The molecule has 1 aromatic heterocycles. The molecule has 1 N–H and O–H groups in total. The maximum atomic E-state index is 12.9. The van der Waals surface area contributed by atoms with Crippen LogP contribution in [0, 0.1) is 13.8 Å². The van der Waals surface area contributed by atoms with E-state index in [-0.39, 0.29) is 22.9 Å². The number of hydrogen-bond donors (Lipinski definition) is 1.